The molecule has 0 bridgehead atoms. The van der Waals surface area contributed by atoms with E-state index in [1.54, 1.807) is 0 Å². The molecule has 0 amide bonds. The predicted octanol–water partition coefficient (Wildman–Crippen LogP) is 3.04. The van der Waals surface area contributed by atoms with Gasteiger partial charge in [0.05, 0.1) is 0 Å². The third kappa shape index (κ3) is 4.15. The van der Waals surface area contributed by atoms with E-state index in [0.717, 1.165) is 38.2 Å². The van der Waals surface area contributed by atoms with E-state index in [1.165, 1.54) is 16.8 Å². The summed E-state index contributed by atoms with van der Waals surface area (Å²) in [6, 6.07) is 10.2. The molecule has 1 aromatic carbocycles. The van der Waals surface area contributed by atoms with Gasteiger partial charge in [0.1, 0.15) is 18.0 Å². The molecular weight excluding hydrogens is 288 g/mol. The third-order valence-electron chi connectivity index (χ3n) is 4.83. The normalized spacial score (nSPS) is 18.0. The molecule has 0 saturated carbocycles. The van der Waals surface area contributed by atoms with Crippen LogP contribution in [0.2, 0.25) is 0 Å². The fraction of sp³-hybridized carbons (Fsp3) is 0.474. The summed E-state index contributed by atoms with van der Waals surface area (Å²) in [5, 5.41) is 10.7. The van der Waals surface area contributed by atoms with Crippen molar-refractivity contribution in [2.75, 3.05) is 19.7 Å². The van der Waals surface area contributed by atoms with Gasteiger partial charge in [-0.05, 0) is 62.1 Å². The maximum atomic E-state index is 10.7. The van der Waals surface area contributed by atoms with Crippen molar-refractivity contribution in [3.8, 4) is 5.75 Å². The minimum absolute atomic E-state index is 0.367. The van der Waals surface area contributed by atoms with Crippen LogP contribution >= 0.6 is 0 Å². The minimum atomic E-state index is -0.717. The van der Waals surface area contributed by atoms with Gasteiger partial charge in [0.2, 0.25) is 0 Å². The average molecular weight is 314 g/mol. The number of aromatic nitrogens is 1. The highest BCUT2D eigenvalue weighted by Gasteiger charge is 2.33. The van der Waals surface area contributed by atoms with Gasteiger partial charge >= 0.3 is 0 Å². The van der Waals surface area contributed by atoms with Crippen LogP contribution in [0.1, 0.15) is 29.7 Å². The van der Waals surface area contributed by atoms with Gasteiger partial charge < -0.3 is 14.8 Å². The summed E-state index contributed by atoms with van der Waals surface area (Å²) < 4.78 is 5.85. The molecule has 0 atom stereocenters. The van der Waals surface area contributed by atoms with Crippen molar-refractivity contribution in [2.24, 2.45) is 0 Å². The molecule has 2 N–H and O–H groups in total. The Morgan fingerprint density at radius 1 is 1.17 bits per heavy atom. The summed E-state index contributed by atoms with van der Waals surface area (Å²) in [5.41, 5.74) is 2.98. The summed E-state index contributed by atoms with van der Waals surface area (Å²) in [7, 11) is 0. The van der Waals surface area contributed by atoms with Crippen molar-refractivity contribution in [1.29, 1.82) is 0 Å². The molecule has 0 unspecified atom stereocenters. The molecule has 1 aliphatic heterocycles. The van der Waals surface area contributed by atoms with Crippen LogP contribution in [0.15, 0.2) is 36.5 Å². The Bertz CT molecular complexity index is 629. The lowest BCUT2D eigenvalue weighted by Gasteiger charge is -2.37. The Morgan fingerprint density at radius 2 is 1.96 bits per heavy atom. The molecule has 1 fully saturated rings. The van der Waals surface area contributed by atoms with Crippen molar-refractivity contribution in [3.63, 3.8) is 0 Å². The summed E-state index contributed by atoms with van der Waals surface area (Å²) in [4.78, 5) is 5.60. The van der Waals surface area contributed by atoms with Crippen molar-refractivity contribution < 1.29 is 9.84 Å². The smallest absolute Gasteiger partial charge is 0.119 e. The first-order chi connectivity index (χ1) is 11.0. The van der Waals surface area contributed by atoms with Crippen LogP contribution in [0.4, 0.5) is 0 Å². The van der Waals surface area contributed by atoms with Gasteiger partial charge in [-0.25, -0.2) is 0 Å². The number of rotatable bonds is 5. The van der Waals surface area contributed by atoms with Gasteiger partial charge in [-0.15, -0.1) is 0 Å². The quantitative estimate of drug-likeness (QED) is 0.892. The van der Waals surface area contributed by atoms with Crippen LogP contribution in [0.25, 0.3) is 0 Å². The standard InChI is InChI=1S/C19H26N2O2/c1-15-5-6-18(12-16(15)2)23-14-19(22)7-10-21(11-8-19)13-17-4-3-9-20-17/h3-6,9,12,20,22H,7-8,10-11,13-14H2,1-2H3. The molecule has 3 rings (SSSR count). The molecule has 0 spiro atoms. The molecule has 1 aromatic heterocycles. The number of aryl methyl sites for hydroxylation is 2. The zero-order chi connectivity index (χ0) is 16.3. The van der Waals surface area contributed by atoms with Crippen LogP contribution in [0.3, 0.4) is 0 Å². The van der Waals surface area contributed by atoms with Crippen molar-refractivity contribution in [1.82, 2.24) is 9.88 Å². The van der Waals surface area contributed by atoms with E-state index in [-0.39, 0.29) is 0 Å². The highest BCUT2D eigenvalue weighted by atomic mass is 16.5. The summed E-state index contributed by atoms with van der Waals surface area (Å²) in [5.74, 6) is 0.843. The second kappa shape index (κ2) is 6.77. The first-order valence-electron chi connectivity index (χ1n) is 8.31. The molecule has 4 heteroatoms. The lowest BCUT2D eigenvalue weighted by molar-refractivity contribution is -0.0538. The Labute approximate surface area is 138 Å². The van der Waals surface area contributed by atoms with Gasteiger partial charge in [-0.2, -0.15) is 0 Å². The number of benzene rings is 1. The highest BCUT2D eigenvalue weighted by molar-refractivity contribution is 5.33. The zero-order valence-electron chi connectivity index (χ0n) is 14.0. The maximum absolute atomic E-state index is 10.7. The maximum Gasteiger partial charge on any atom is 0.119 e. The molecule has 23 heavy (non-hydrogen) atoms. The number of hydrogen-bond donors (Lipinski definition) is 2. The minimum Gasteiger partial charge on any atom is -0.491 e. The number of H-pyrrole nitrogens is 1. The van der Waals surface area contributed by atoms with E-state index in [9.17, 15) is 5.11 Å². The summed E-state index contributed by atoms with van der Waals surface area (Å²) >= 11 is 0. The molecule has 2 aromatic rings. The monoisotopic (exact) mass is 314 g/mol. The SMILES string of the molecule is Cc1ccc(OCC2(O)CCN(Cc3ccc[nH]3)CC2)cc1C. The van der Waals surface area contributed by atoms with Crippen LogP contribution in [0, 0.1) is 13.8 Å². The number of ether oxygens (including phenoxy) is 1. The zero-order valence-corrected chi connectivity index (χ0v) is 14.0. The van der Waals surface area contributed by atoms with Gasteiger partial charge in [0.15, 0.2) is 0 Å². The van der Waals surface area contributed by atoms with Crippen molar-refractivity contribution in [3.05, 3.63) is 53.3 Å². The molecule has 0 radical (unpaired) electrons. The van der Waals surface area contributed by atoms with E-state index in [4.69, 9.17) is 4.74 Å². The van der Waals surface area contributed by atoms with Crippen LogP contribution in [-0.2, 0) is 6.54 Å². The molecule has 1 saturated heterocycles. The largest absolute Gasteiger partial charge is 0.491 e. The van der Waals surface area contributed by atoms with E-state index in [2.05, 4.69) is 35.9 Å². The Hall–Kier alpha value is -1.78. The number of aliphatic hydroxyl groups is 1. The number of aromatic amines is 1. The lowest BCUT2D eigenvalue weighted by Crippen LogP contribution is -2.47. The number of hydrogen-bond acceptors (Lipinski definition) is 3. The Morgan fingerprint density at radius 3 is 2.61 bits per heavy atom. The van der Waals surface area contributed by atoms with Crippen LogP contribution < -0.4 is 4.74 Å². The molecule has 4 nitrogen and oxygen atoms in total. The van der Waals surface area contributed by atoms with Crippen LogP contribution in [-0.4, -0.2) is 40.3 Å². The second-order valence-electron chi connectivity index (χ2n) is 6.73. The van der Waals surface area contributed by atoms with E-state index < -0.39 is 5.60 Å². The number of likely N-dealkylation sites (tertiary alicyclic amines) is 1. The average Bonchev–Trinajstić information content (AvgIpc) is 3.04. The topological polar surface area (TPSA) is 48.5 Å². The second-order valence-corrected chi connectivity index (χ2v) is 6.73. The number of nitrogens with one attached hydrogen (secondary N) is 1. The van der Waals surface area contributed by atoms with E-state index in [1.807, 2.05) is 24.4 Å². The fourth-order valence-corrected chi connectivity index (χ4v) is 3.00. The van der Waals surface area contributed by atoms with E-state index >= 15 is 0 Å². The molecule has 1 aliphatic rings. The number of piperidine rings is 1. The fourth-order valence-electron chi connectivity index (χ4n) is 3.00. The van der Waals surface area contributed by atoms with Gasteiger partial charge in [0.25, 0.3) is 0 Å². The molecule has 0 aliphatic carbocycles. The molecular formula is C19H26N2O2. The van der Waals surface area contributed by atoms with Crippen molar-refractivity contribution in [2.45, 2.75) is 38.8 Å². The summed E-state index contributed by atoms with van der Waals surface area (Å²) in [6.45, 7) is 7.24. The highest BCUT2D eigenvalue weighted by Crippen LogP contribution is 2.25. The molecule has 124 valence electrons. The third-order valence-corrected chi connectivity index (χ3v) is 4.83. The first-order valence-corrected chi connectivity index (χ1v) is 8.31. The van der Waals surface area contributed by atoms with Gasteiger partial charge in [-0.3, -0.25) is 4.90 Å². The molecule has 2 heterocycles. The van der Waals surface area contributed by atoms with E-state index in [0.29, 0.717) is 6.61 Å². The summed E-state index contributed by atoms with van der Waals surface area (Å²) in [6.07, 6.45) is 3.45. The Kier molecular flexibility index (Phi) is 4.74. The van der Waals surface area contributed by atoms with Gasteiger partial charge in [0, 0.05) is 31.5 Å². The van der Waals surface area contributed by atoms with Gasteiger partial charge in [-0.1, -0.05) is 6.07 Å². The number of nitrogens with zero attached hydrogens (tertiary/aromatic N) is 1. The Balaban J connectivity index is 1.50. The lowest BCUT2D eigenvalue weighted by atomic mass is 9.92. The van der Waals surface area contributed by atoms with Crippen LogP contribution in [0.5, 0.6) is 5.75 Å². The van der Waals surface area contributed by atoms with Crippen molar-refractivity contribution >= 4 is 0 Å². The first kappa shape index (κ1) is 16.1. The predicted molar refractivity (Wildman–Crippen MR) is 91.7 cm³/mol.